The van der Waals surface area contributed by atoms with Gasteiger partial charge in [-0.1, -0.05) is 28.1 Å². The molecule has 0 spiro atoms. The molecule has 1 aromatic rings. The van der Waals surface area contributed by atoms with E-state index in [0.717, 1.165) is 35.7 Å². The van der Waals surface area contributed by atoms with Crippen LogP contribution in [0, 0.1) is 5.92 Å². The molecule has 0 aromatic heterocycles. The van der Waals surface area contributed by atoms with E-state index in [0.29, 0.717) is 12.6 Å². The van der Waals surface area contributed by atoms with E-state index in [4.69, 9.17) is 4.74 Å². The lowest BCUT2D eigenvalue weighted by molar-refractivity contribution is -0.0340. The SMILES string of the molecule is OC(CN1CCOCC1C1CC1)c1cccc(Br)c1. The first kappa shape index (κ1) is 13.6. The second kappa shape index (κ2) is 5.92. The minimum Gasteiger partial charge on any atom is -0.387 e. The Bertz CT molecular complexity index is 436. The number of hydrogen-bond donors (Lipinski definition) is 1. The van der Waals surface area contributed by atoms with Crippen molar-refractivity contribution in [2.24, 2.45) is 5.92 Å². The quantitative estimate of drug-likeness (QED) is 0.923. The number of halogens is 1. The molecule has 0 bridgehead atoms. The smallest absolute Gasteiger partial charge is 0.0917 e. The van der Waals surface area contributed by atoms with Gasteiger partial charge in [-0.05, 0) is 36.5 Å². The third kappa shape index (κ3) is 3.37. The summed E-state index contributed by atoms with van der Waals surface area (Å²) in [6.07, 6.45) is 2.21. The number of β-amino-alcohol motifs (C(OH)–C–C–N with tert-alkyl or cyclic N) is 1. The maximum absolute atomic E-state index is 10.4. The van der Waals surface area contributed by atoms with Gasteiger partial charge in [-0.2, -0.15) is 0 Å². The minimum absolute atomic E-state index is 0.420. The lowest BCUT2D eigenvalue weighted by atomic mass is 10.1. The number of nitrogens with zero attached hydrogens (tertiary/aromatic N) is 1. The highest BCUT2D eigenvalue weighted by atomic mass is 79.9. The Hall–Kier alpha value is -0.420. The van der Waals surface area contributed by atoms with Crippen LogP contribution in [0.4, 0.5) is 0 Å². The summed E-state index contributed by atoms with van der Waals surface area (Å²) in [4.78, 5) is 2.41. The number of aliphatic hydroxyl groups is 1. The predicted molar refractivity (Wildman–Crippen MR) is 78.0 cm³/mol. The molecular weight excluding hydrogens is 306 g/mol. The molecule has 0 amide bonds. The van der Waals surface area contributed by atoms with E-state index in [2.05, 4.69) is 20.8 Å². The highest BCUT2D eigenvalue weighted by molar-refractivity contribution is 9.10. The van der Waals surface area contributed by atoms with Crippen LogP contribution in [-0.4, -0.2) is 42.4 Å². The van der Waals surface area contributed by atoms with Crippen molar-refractivity contribution in [2.45, 2.75) is 25.0 Å². The average molecular weight is 326 g/mol. The third-order valence-electron chi connectivity index (χ3n) is 4.09. The van der Waals surface area contributed by atoms with Crippen LogP contribution in [0.15, 0.2) is 28.7 Å². The van der Waals surface area contributed by atoms with Crippen LogP contribution in [0.1, 0.15) is 24.5 Å². The van der Waals surface area contributed by atoms with E-state index in [1.807, 2.05) is 24.3 Å². The maximum Gasteiger partial charge on any atom is 0.0917 e. The topological polar surface area (TPSA) is 32.7 Å². The predicted octanol–water partition coefficient (Wildman–Crippen LogP) is 2.59. The number of morpholine rings is 1. The molecule has 2 atom stereocenters. The summed E-state index contributed by atoms with van der Waals surface area (Å²) < 4.78 is 6.61. The zero-order valence-corrected chi connectivity index (χ0v) is 12.6. The molecule has 1 aromatic carbocycles. The molecule has 1 heterocycles. The molecule has 1 saturated carbocycles. The molecule has 2 aliphatic rings. The molecule has 104 valence electrons. The van der Waals surface area contributed by atoms with E-state index in [9.17, 15) is 5.11 Å². The summed E-state index contributed by atoms with van der Waals surface area (Å²) in [5.74, 6) is 0.787. The summed E-state index contributed by atoms with van der Waals surface area (Å²) in [5.41, 5.74) is 0.982. The summed E-state index contributed by atoms with van der Waals surface area (Å²) in [5, 5.41) is 10.4. The monoisotopic (exact) mass is 325 g/mol. The fourth-order valence-electron chi connectivity index (χ4n) is 2.84. The Kier molecular flexibility index (Phi) is 4.22. The van der Waals surface area contributed by atoms with Gasteiger partial charge in [-0.3, -0.25) is 4.90 Å². The van der Waals surface area contributed by atoms with E-state index in [1.54, 1.807) is 0 Å². The first-order chi connectivity index (χ1) is 9.24. The molecule has 0 radical (unpaired) electrons. The first-order valence-electron chi connectivity index (χ1n) is 6.99. The Morgan fingerprint density at radius 1 is 1.42 bits per heavy atom. The Morgan fingerprint density at radius 2 is 2.26 bits per heavy atom. The number of ether oxygens (including phenoxy) is 1. The lowest BCUT2D eigenvalue weighted by Crippen LogP contribution is -2.48. The minimum atomic E-state index is -0.420. The van der Waals surface area contributed by atoms with Gasteiger partial charge in [0.1, 0.15) is 0 Å². The lowest BCUT2D eigenvalue weighted by Gasteiger charge is -2.37. The normalized spacial score (nSPS) is 26.3. The first-order valence-corrected chi connectivity index (χ1v) is 7.78. The van der Waals surface area contributed by atoms with Gasteiger partial charge in [0, 0.05) is 23.6 Å². The van der Waals surface area contributed by atoms with E-state index in [1.165, 1.54) is 12.8 Å². The number of hydrogen-bond acceptors (Lipinski definition) is 3. The van der Waals surface area contributed by atoms with Crippen molar-refractivity contribution in [3.05, 3.63) is 34.3 Å². The number of aliphatic hydroxyl groups excluding tert-OH is 1. The van der Waals surface area contributed by atoms with Crippen molar-refractivity contribution >= 4 is 15.9 Å². The van der Waals surface area contributed by atoms with Gasteiger partial charge < -0.3 is 9.84 Å². The van der Waals surface area contributed by atoms with Crippen molar-refractivity contribution in [3.63, 3.8) is 0 Å². The van der Waals surface area contributed by atoms with Gasteiger partial charge in [-0.15, -0.1) is 0 Å². The fourth-order valence-corrected chi connectivity index (χ4v) is 3.26. The number of rotatable bonds is 4. The van der Waals surface area contributed by atoms with Gasteiger partial charge in [0.25, 0.3) is 0 Å². The van der Waals surface area contributed by atoms with Crippen molar-refractivity contribution in [1.82, 2.24) is 4.90 Å². The van der Waals surface area contributed by atoms with Crippen LogP contribution in [0.2, 0.25) is 0 Å². The van der Waals surface area contributed by atoms with Crippen molar-refractivity contribution in [1.29, 1.82) is 0 Å². The standard InChI is InChI=1S/C15H20BrNO2/c16-13-3-1-2-12(8-13)15(18)9-17-6-7-19-10-14(17)11-4-5-11/h1-3,8,11,14-15,18H,4-7,9-10H2. The molecule has 3 nitrogen and oxygen atoms in total. The molecule has 1 N–H and O–H groups in total. The van der Waals surface area contributed by atoms with Crippen LogP contribution < -0.4 is 0 Å². The molecule has 19 heavy (non-hydrogen) atoms. The molecule has 1 saturated heterocycles. The molecule has 1 aliphatic carbocycles. The van der Waals surface area contributed by atoms with Gasteiger partial charge in [-0.25, -0.2) is 0 Å². The summed E-state index contributed by atoms with van der Waals surface area (Å²) in [7, 11) is 0. The average Bonchev–Trinajstić information content (AvgIpc) is 3.24. The highest BCUT2D eigenvalue weighted by Crippen LogP contribution is 2.37. The molecule has 1 aliphatic heterocycles. The van der Waals surface area contributed by atoms with Gasteiger partial charge >= 0.3 is 0 Å². The zero-order chi connectivity index (χ0) is 13.2. The summed E-state index contributed by atoms with van der Waals surface area (Å²) in [6, 6.07) is 8.45. The Morgan fingerprint density at radius 3 is 3.00 bits per heavy atom. The summed E-state index contributed by atoms with van der Waals surface area (Å²) in [6.45, 7) is 3.26. The Labute approximate surface area is 122 Å². The zero-order valence-electron chi connectivity index (χ0n) is 11.0. The van der Waals surface area contributed by atoms with Crippen LogP contribution in [0.5, 0.6) is 0 Å². The van der Waals surface area contributed by atoms with Crippen LogP contribution >= 0.6 is 15.9 Å². The molecule has 4 heteroatoms. The molecule has 3 rings (SSSR count). The second-order valence-corrected chi connectivity index (χ2v) is 6.46. The second-order valence-electron chi connectivity index (χ2n) is 5.55. The van der Waals surface area contributed by atoms with E-state index < -0.39 is 6.10 Å². The largest absolute Gasteiger partial charge is 0.387 e. The van der Waals surface area contributed by atoms with Crippen molar-refractivity contribution in [3.8, 4) is 0 Å². The molecule has 2 fully saturated rings. The Balaban J connectivity index is 1.65. The van der Waals surface area contributed by atoms with Crippen LogP contribution in [-0.2, 0) is 4.74 Å². The fraction of sp³-hybridized carbons (Fsp3) is 0.600. The highest BCUT2D eigenvalue weighted by Gasteiger charge is 2.37. The molecular formula is C15H20BrNO2. The van der Waals surface area contributed by atoms with Gasteiger partial charge in [0.15, 0.2) is 0 Å². The third-order valence-corrected chi connectivity index (χ3v) is 4.58. The van der Waals surface area contributed by atoms with E-state index in [-0.39, 0.29) is 0 Å². The van der Waals surface area contributed by atoms with Gasteiger partial charge in [0.05, 0.1) is 19.3 Å². The summed E-state index contributed by atoms with van der Waals surface area (Å²) >= 11 is 3.46. The maximum atomic E-state index is 10.4. The number of benzene rings is 1. The van der Waals surface area contributed by atoms with Crippen LogP contribution in [0.25, 0.3) is 0 Å². The molecule has 2 unspecified atom stereocenters. The van der Waals surface area contributed by atoms with Crippen molar-refractivity contribution < 1.29 is 9.84 Å². The van der Waals surface area contributed by atoms with E-state index >= 15 is 0 Å². The van der Waals surface area contributed by atoms with Gasteiger partial charge in [0.2, 0.25) is 0 Å². The van der Waals surface area contributed by atoms with Crippen LogP contribution in [0.3, 0.4) is 0 Å². The van der Waals surface area contributed by atoms with Crippen molar-refractivity contribution in [2.75, 3.05) is 26.3 Å².